The lowest BCUT2D eigenvalue weighted by atomic mass is 10.1. The smallest absolute Gasteiger partial charge is 0.223 e. The molecular formula is C16H25N3O. The van der Waals surface area contributed by atoms with E-state index in [1.165, 1.54) is 5.56 Å². The van der Waals surface area contributed by atoms with Gasteiger partial charge in [-0.15, -0.1) is 0 Å². The summed E-state index contributed by atoms with van der Waals surface area (Å²) in [5, 5.41) is 3.46. The molecule has 1 aromatic heterocycles. The fourth-order valence-corrected chi connectivity index (χ4v) is 2.85. The summed E-state index contributed by atoms with van der Waals surface area (Å²) < 4.78 is 0. The Kier molecular flexibility index (Phi) is 5.53. The van der Waals surface area contributed by atoms with Gasteiger partial charge >= 0.3 is 0 Å². The zero-order valence-corrected chi connectivity index (χ0v) is 12.5. The van der Waals surface area contributed by atoms with E-state index in [2.05, 4.69) is 29.0 Å². The summed E-state index contributed by atoms with van der Waals surface area (Å²) in [4.78, 5) is 18.1. The van der Waals surface area contributed by atoms with Crippen LogP contribution in [0.25, 0.3) is 0 Å². The second-order valence-electron chi connectivity index (χ2n) is 5.57. The Balaban J connectivity index is 1.74. The summed E-state index contributed by atoms with van der Waals surface area (Å²) in [6.07, 6.45) is 7.45. The summed E-state index contributed by atoms with van der Waals surface area (Å²) >= 11 is 0. The first kappa shape index (κ1) is 15.0. The minimum Gasteiger partial charge on any atom is -0.337 e. The molecule has 20 heavy (non-hydrogen) atoms. The van der Waals surface area contributed by atoms with Crippen molar-refractivity contribution in [2.75, 3.05) is 6.54 Å². The Morgan fingerprint density at radius 2 is 2.20 bits per heavy atom. The number of hydrogen-bond acceptors (Lipinski definition) is 3. The standard InChI is InChI=1S/C16H25N3O/c1-3-13(2)19-15(4-5-16(19)20)8-11-18-12-14-6-9-17-10-7-14/h6-7,9-10,13,15,18H,3-5,8,11-12H2,1-2H3/t13-,15-/m0/s1. The van der Waals surface area contributed by atoms with Gasteiger partial charge in [-0.2, -0.15) is 0 Å². The van der Waals surface area contributed by atoms with E-state index >= 15 is 0 Å². The van der Waals surface area contributed by atoms with Crippen LogP contribution in [-0.2, 0) is 11.3 Å². The van der Waals surface area contributed by atoms with Gasteiger partial charge in [0, 0.05) is 37.4 Å². The van der Waals surface area contributed by atoms with E-state index < -0.39 is 0 Å². The molecule has 1 N–H and O–H groups in total. The van der Waals surface area contributed by atoms with Crippen molar-refractivity contribution < 1.29 is 4.79 Å². The highest BCUT2D eigenvalue weighted by Crippen LogP contribution is 2.24. The quantitative estimate of drug-likeness (QED) is 0.777. The highest BCUT2D eigenvalue weighted by atomic mass is 16.2. The van der Waals surface area contributed by atoms with Gasteiger partial charge in [-0.1, -0.05) is 6.92 Å². The summed E-state index contributed by atoms with van der Waals surface area (Å²) in [7, 11) is 0. The van der Waals surface area contributed by atoms with Gasteiger partial charge in [0.15, 0.2) is 0 Å². The number of rotatable bonds is 7. The molecule has 0 saturated carbocycles. The summed E-state index contributed by atoms with van der Waals surface area (Å²) in [5.74, 6) is 0.332. The molecule has 2 heterocycles. The molecule has 110 valence electrons. The summed E-state index contributed by atoms with van der Waals surface area (Å²) in [6.45, 7) is 6.12. The highest BCUT2D eigenvalue weighted by Gasteiger charge is 2.32. The Hall–Kier alpha value is -1.42. The third kappa shape index (κ3) is 3.79. The maximum Gasteiger partial charge on any atom is 0.223 e. The molecule has 4 nitrogen and oxygen atoms in total. The first-order valence-corrected chi connectivity index (χ1v) is 7.63. The van der Waals surface area contributed by atoms with E-state index in [0.717, 1.165) is 38.8 Å². The normalized spacial score (nSPS) is 20.4. The molecule has 2 atom stereocenters. The Bertz CT molecular complexity index is 421. The average molecular weight is 275 g/mol. The Morgan fingerprint density at radius 1 is 1.45 bits per heavy atom. The summed E-state index contributed by atoms with van der Waals surface area (Å²) in [5.41, 5.74) is 1.25. The predicted octanol–water partition coefficient (Wildman–Crippen LogP) is 2.35. The van der Waals surface area contributed by atoms with Crippen LogP contribution in [-0.4, -0.2) is 34.4 Å². The molecule has 4 heteroatoms. The van der Waals surface area contributed by atoms with Crippen LogP contribution in [0.15, 0.2) is 24.5 Å². The van der Waals surface area contributed by atoms with Gasteiger partial charge in [0.05, 0.1) is 0 Å². The molecule has 1 amide bonds. The molecular weight excluding hydrogens is 250 g/mol. The summed E-state index contributed by atoms with van der Waals surface area (Å²) in [6, 6.07) is 4.84. The average Bonchev–Trinajstić information content (AvgIpc) is 2.85. The molecule has 1 saturated heterocycles. The zero-order chi connectivity index (χ0) is 14.4. The number of pyridine rings is 1. The number of likely N-dealkylation sites (tertiary alicyclic amines) is 1. The Labute approximate surface area is 121 Å². The molecule has 2 rings (SSSR count). The van der Waals surface area contributed by atoms with Gasteiger partial charge in [0.2, 0.25) is 5.91 Å². The molecule has 1 fully saturated rings. The lowest BCUT2D eigenvalue weighted by Crippen LogP contribution is -2.41. The Morgan fingerprint density at radius 3 is 2.90 bits per heavy atom. The van der Waals surface area contributed by atoms with Crippen LogP contribution in [0.2, 0.25) is 0 Å². The second kappa shape index (κ2) is 7.39. The van der Waals surface area contributed by atoms with Crippen molar-refractivity contribution in [3.05, 3.63) is 30.1 Å². The first-order chi connectivity index (χ1) is 9.72. The van der Waals surface area contributed by atoms with Crippen molar-refractivity contribution in [1.82, 2.24) is 15.2 Å². The van der Waals surface area contributed by atoms with Crippen LogP contribution in [0.1, 0.15) is 45.1 Å². The van der Waals surface area contributed by atoms with Gasteiger partial charge in [0.25, 0.3) is 0 Å². The van der Waals surface area contributed by atoms with Crippen molar-refractivity contribution in [1.29, 1.82) is 0 Å². The fourth-order valence-electron chi connectivity index (χ4n) is 2.85. The lowest BCUT2D eigenvalue weighted by Gasteiger charge is -2.30. The molecule has 1 aliphatic rings. The van der Waals surface area contributed by atoms with Crippen LogP contribution in [0, 0.1) is 0 Å². The van der Waals surface area contributed by atoms with Crippen LogP contribution in [0.3, 0.4) is 0 Å². The van der Waals surface area contributed by atoms with E-state index in [0.29, 0.717) is 18.0 Å². The number of amides is 1. The number of nitrogens with zero attached hydrogens (tertiary/aromatic N) is 2. The second-order valence-corrected chi connectivity index (χ2v) is 5.57. The van der Waals surface area contributed by atoms with Gasteiger partial charge in [0.1, 0.15) is 0 Å². The molecule has 1 aromatic rings. The largest absolute Gasteiger partial charge is 0.337 e. The molecule has 0 aromatic carbocycles. The van der Waals surface area contributed by atoms with E-state index in [-0.39, 0.29) is 0 Å². The first-order valence-electron chi connectivity index (χ1n) is 7.63. The molecule has 1 aliphatic heterocycles. The van der Waals surface area contributed by atoms with Crippen molar-refractivity contribution in [3.8, 4) is 0 Å². The number of hydrogen-bond donors (Lipinski definition) is 1. The minimum atomic E-state index is 0.332. The fraction of sp³-hybridized carbons (Fsp3) is 0.625. The third-order valence-electron chi connectivity index (χ3n) is 4.17. The van der Waals surface area contributed by atoms with E-state index in [4.69, 9.17) is 0 Å². The van der Waals surface area contributed by atoms with E-state index in [1.54, 1.807) is 0 Å². The number of aromatic nitrogens is 1. The van der Waals surface area contributed by atoms with Gasteiger partial charge in [-0.3, -0.25) is 9.78 Å². The third-order valence-corrected chi connectivity index (χ3v) is 4.17. The molecule has 0 radical (unpaired) electrons. The monoisotopic (exact) mass is 275 g/mol. The minimum absolute atomic E-state index is 0.332. The predicted molar refractivity (Wildman–Crippen MR) is 80.2 cm³/mol. The molecule has 0 spiro atoms. The topological polar surface area (TPSA) is 45.2 Å². The lowest BCUT2D eigenvalue weighted by molar-refractivity contribution is -0.131. The van der Waals surface area contributed by atoms with Crippen LogP contribution in [0.5, 0.6) is 0 Å². The van der Waals surface area contributed by atoms with Crippen molar-refractivity contribution in [3.63, 3.8) is 0 Å². The maximum absolute atomic E-state index is 11.9. The van der Waals surface area contributed by atoms with Crippen molar-refractivity contribution in [2.24, 2.45) is 0 Å². The van der Waals surface area contributed by atoms with Crippen LogP contribution in [0.4, 0.5) is 0 Å². The van der Waals surface area contributed by atoms with Gasteiger partial charge < -0.3 is 10.2 Å². The van der Waals surface area contributed by atoms with E-state index in [1.807, 2.05) is 24.5 Å². The number of nitrogens with one attached hydrogen (secondary N) is 1. The number of carbonyl (C=O) groups is 1. The zero-order valence-electron chi connectivity index (χ0n) is 12.5. The van der Waals surface area contributed by atoms with Crippen molar-refractivity contribution >= 4 is 5.91 Å². The van der Waals surface area contributed by atoms with Crippen LogP contribution < -0.4 is 5.32 Å². The molecule has 0 bridgehead atoms. The molecule has 0 unspecified atom stereocenters. The molecule has 0 aliphatic carbocycles. The van der Waals surface area contributed by atoms with E-state index in [9.17, 15) is 4.79 Å². The maximum atomic E-state index is 11.9. The van der Waals surface area contributed by atoms with Gasteiger partial charge in [-0.25, -0.2) is 0 Å². The van der Waals surface area contributed by atoms with Crippen LogP contribution >= 0.6 is 0 Å². The van der Waals surface area contributed by atoms with Gasteiger partial charge in [-0.05, 0) is 50.4 Å². The SMILES string of the molecule is CC[C@H](C)N1C(=O)CC[C@H]1CCNCc1ccncc1. The number of carbonyl (C=O) groups excluding carboxylic acids is 1. The van der Waals surface area contributed by atoms with Crippen molar-refractivity contribution in [2.45, 2.75) is 58.2 Å². The highest BCUT2D eigenvalue weighted by molar-refractivity contribution is 5.79.